The van der Waals surface area contributed by atoms with Crippen LogP contribution in [0.25, 0.3) is 0 Å². The van der Waals surface area contributed by atoms with Crippen molar-refractivity contribution in [3.05, 3.63) is 53.7 Å². The van der Waals surface area contributed by atoms with Gasteiger partial charge in [-0.2, -0.15) is 0 Å². The SMILES string of the molecule is CCOc1ncccc1CNC(=O)N[C@@H]1CCSc2ccccc21. The number of pyridine rings is 1. The predicted molar refractivity (Wildman–Crippen MR) is 95.3 cm³/mol. The molecule has 5 nitrogen and oxygen atoms in total. The van der Waals surface area contributed by atoms with Crippen LogP contribution in [0.15, 0.2) is 47.5 Å². The Kier molecular flexibility index (Phi) is 5.59. The van der Waals surface area contributed by atoms with Gasteiger partial charge in [-0.3, -0.25) is 0 Å². The largest absolute Gasteiger partial charge is 0.478 e. The Hall–Kier alpha value is -2.21. The maximum Gasteiger partial charge on any atom is 0.315 e. The summed E-state index contributed by atoms with van der Waals surface area (Å²) in [6.45, 7) is 2.85. The van der Waals surface area contributed by atoms with E-state index < -0.39 is 0 Å². The summed E-state index contributed by atoms with van der Waals surface area (Å²) in [7, 11) is 0. The molecule has 1 aromatic heterocycles. The Bertz CT molecular complexity index is 708. The van der Waals surface area contributed by atoms with Crippen molar-refractivity contribution in [3.63, 3.8) is 0 Å². The first kappa shape index (κ1) is 16.6. The van der Waals surface area contributed by atoms with E-state index in [-0.39, 0.29) is 12.1 Å². The van der Waals surface area contributed by atoms with Gasteiger partial charge in [-0.05, 0) is 31.0 Å². The molecule has 1 aromatic carbocycles. The summed E-state index contributed by atoms with van der Waals surface area (Å²) in [5.74, 6) is 1.58. The van der Waals surface area contributed by atoms with Gasteiger partial charge in [0.25, 0.3) is 0 Å². The molecule has 0 unspecified atom stereocenters. The van der Waals surface area contributed by atoms with E-state index in [1.807, 2.05) is 43.0 Å². The summed E-state index contributed by atoms with van der Waals surface area (Å²) in [6.07, 6.45) is 2.62. The summed E-state index contributed by atoms with van der Waals surface area (Å²) in [4.78, 5) is 17.7. The van der Waals surface area contributed by atoms with Crippen molar-refractivity contribution in [3.8, 4) is 5.88 Å². The molecule has 6 heteroatoms. The van der Waals surface area contributed by atoms with Crippen molar-refractivity contribution in [2.45, 2.75) is 30.8 Å². The molecule has 0 radical (unpaired) electrons. The summed E-state index contributed by atoms with van der Waals surface area (Å²) in [5.41, 5.74) is 2.06. The predicted octanol–water partition coefficient (Wildman–Crippen LogP) is 3.52. The third-order valence-corrected chi connectivity index (χ3v) is 4.96. The number of rotatable bonds is 5. The number of fused-ring (bicyclic) bond motifs is 1. The minimum atomic E-state index is -0.173. The Morgan fingerprint density at radius 1 is 1.33 bits per heavy atom. The van der Waals surface area contributed by atoms with Crippen LogP contribution in [-0.2, 0) is 6.54 Å². The van der Waals surface area contributed by atoms with Crippen molar-refractivity contribution < 1.29 is 9.53 Å². The molecule has 0 fully saturated rings. The molecule has 1 atom stereocenters. The van der Waals surface area contributed by atoms with E-state index in [1.54, 1.807) is 6.20 Å². The van der Waals surface area contributed by atoms with Crippen molar-refractivity contribution in [1.82, 2.24) is 15.6 Å². The fourth-order valence-corrected chi connectivity index (χ4v) is 3.83. The maximum absolute atomic E-state index is 12.3. The van der Waals surface area contributed by atoms with Gasteiger partial charge < -0.3 is 15.4 Å². The number of urea groups is 1. The molecule has 0 spiro atoms. The van der Waals surface area contributed by atoms with E-state index in [2.05, 4.69) is 27.8 Å². The molecule has 24 heavy (non-hydrogen) atoms. The smallest absolute Gasteiger partial charge is 0.315 e. The van der Waals surface area contributed by atoms with Gasteiger partial charge in [-0.1, -0.05) is 24.3 Å². The summed E-state index contributed by atoms with van der Waals surface area (Å²) in [6, 6.07) is 11.9. The van der Waals surface area contributed by atoms with Gasteiger partial charge >= 0.3 is 6.03 Å². The average Bonchev–Trinajstić information content (AvgIpc) is 2.62. The van der Waals surface area contributed by atoms with Crippen LogP contribution < -0.4 is 15.4 Å². The third-order valence-electron chi connectivity index (χ3n) is 3.83. The lowest BCUT2D eigenvalue weighted by Crippen LogP contribution is -2.38. The number of nitrogens with one attached hydrogen (secondary N) is 2. The average molecular weight is 343 g/mol. The molecule has 0 aliphatic carbocycles. The van der Waals surface area contributed by atoms with Crippen molar-refractivity contribution in [2.75, 3.05) is 12.4 Å². The molecule has 2 heterocycles. The minimum absolute atomic E-state index is 0.0581. The first-order valence-electron chi connectivity index (χ1n) is 8.10. The molecule has 0 saturated heterocycles. The van der Waals surface area contributed by atoms with E-state index in [4.69, 9.17) is 4.74 Å². The van der Waals surface area contributed by atoms with Crippen LogP contribution in [0.1, 0.15) is 30.5 Å². The summed E-state index contributed by atoms with van der Waals surface area (Å²) >= 11 is 1.84. The second kappa shape index (κ2) is 8.06. The Labute approximate surface area is 146 Å². The van der Waals surface area contributed by atoms with E-state index in [9.17, 15) is 4.79 Å². The van der Waals surface area contributed by atoms with Crippen LogP contribution in [0.2, 0.25) is 0 Å². The molecular formula is C18H21N3O2S. The molecule has 2 N–H and O–H groups in total. The van der Waals surface area contributed by atoms with Crippen molar-refractivity contribution >= 4 is 17.8 Å². The lowest BCUT2D eigenvalue weighted by Gasteiger charge is -2.26. The first-order chi connectivity index (χ1) is 11.8. The van der Waals surface area contributed by atoms with Crippen LogP contribution in [-0.4, -0.2) is 23.4 Å². The number of nitrogens with zero attached hydrogens (tertiary/aromatic N) is 1. The van der Waals surface area contributed by atoms with Crippen LogP contribution in [0.5, 0.6) is 5.88 Å². The van der Waals surface area contributed by atoms with Gasteiger partial charge in [0, 0.05) is 29.0 Å². The molecule has 1 aliphatic heterocycles. The lowest BCUT2D eigenvalue weighted by atomic mass is 10.0. The van der Waals surface area contributed by atoms with Gasteiger partial charge in [0.1, 0.15) is 0 Å². The molecule has 2 aromatic rings. The van der Waals surface area contributed by atoms with Crippen molar-refractivity contribution in [2.24, 2.45) is 0 Å². The van der Waals surface area contributed by atoms with Gasteiger partial charge in [-0.25, -0.2) is 9.78 Å². The minimum Gasteiger partial charge on any atom is -0.478 e. The van der Waals surface area contributed by atoms with Crippen LogP contribution in [0, 0.1) is 0 Å². The van der Waals surface area contributed by atoms with Gasteiger partial charge in [-0.15, -0.1) is 11.8 Å². The highest BCUT2D eigenvalue weighted by Crippen LogP contribution is 2.35. The Morgan fingerprint density at radius 2 is 2.21 bits per heavy atom. The van der Waals surface area contributed by atoms with E-state index in [0.717, 1.165) is 17.7 Å². The van der Waals surface area contributed by atoms with Crippen LogP contribution in [0.4, 0.5) is 4.79 Å². The number of aromatic nitrogens is 1. The highest BCUT2D eigenvalue weighted by Gasteiger charge is 2.21. The number of benzene rings is 1. The number of thioether (sulfide) groups is 1. The number of carbonyl (C=O) groups is 1. The normalized spacial score (nSPS) is 16.1. The Morgan fingerprint density at radius 3 is 3.08 bits per heavy atom. The number of hydrogen-bond donors (Lipinski definition) is 2. The topological polar surface area (TPSA) is 63.2 Å². The van der Waals surface area contributed by atoms with Gasteiger partial charge in [0.05, 0.1) is 12.6 Å². The zero-order valence-corrected chi connectivity index (χ0v) is 14.4. The standard InChI is InChI=1S/C18H21N3O2S/c1-2-23-17-13(6-5-10-19-17)12-20-18(22)21-15-9-11-24-16-8-4-3-7-14(15)16/h3-8,10,15H,2,9,11-12H2,1H3,(H2,20,21,22)/t15-/m1/s1. The lowest BCUT2D eigenvalue weighted by molar-refractivity contribution is 0.236. The molecule has 126 valence electrons. The summed E-state index contributed by atoms with van der Waals surface area (Å²) in [5, 5.41) is 5.97. The highest BCUT2D eigenvalue weighted by atomic mass is 32.2. The zero-order chi connectivity index (χ0) is 16.8. The fraction of sp³-hybridized carbons (Fsp3) is 0.333. The fourth-order valence-electron chi connectivity index (χ4n) is 2.70. The molecule has 2 amide bonds. The number of carbonyl (C=O) groups excluding carboxylic acids is 1. The number of hydrogen-bond acceptors (Lipinski definition) is 4. The molecule has 0 saturated carbocycles. The van der Waals surface area contributed by atoms with E-state index >= 15 is 0 Å². The second-order valence-electron chi connectivity index (χ2n) is 5.46. The number of ether oxygens (including phenoxy) is 1. The summed E-state index contributed by atoms with van der Waals surface area (Å²) < 4.78 is 5.48. The molecule has 0 bridgehead atoms. The van der Waals surface area contributed by atoms with Crippen molar-refractivity contribution in [1.29, 1.82) is 0 Å². The van der Waals surface area contributed by atoms with Gasteiger partial charge in [0.2, 0.25) is 5.88 Å². The monoisotopic (exact) mass is 343 g/mol. The molecule has 3 rings (SSSR count). The van der Waals surface area contributed by atoms with Gasteiger partial charge in [0.15, 0.2) is 0 Å². The second-order valence-corrected chi connectivity index (χ2v) is 6.59. The van der Waals surface area contributed by atoms with Crippen LogP contribution in [0.3, 0.4) is 0 Å². The Balaban J connectivity index is 1.59. The van der Waals surface area contributed by atoms with Crippen LogP contribution >= 0.6 is 11.8 Å². The third kappa shape index (κ3) is 4.00. The van der Waals surface area contributed by atoms with E-state index in [1.165, 1.54) is 10.5 Å². The number of amides is 2. The maximum atomic E-state index is 12.3. The first-order valence-corrected chi connectivity index (χ1v) is 9.09. The quantitative estimate of drug-likeness (QED) is 0.872. The highest BCUT2D eigenvalue weighted by molar-refractivity contribution is 7.99. The molecular weight excluding hydrogens is 322 g/mol. The molecule has 1 aliphatic rings. The zero-order valence-electron chi connectivity index (χ0n) is 13.6. The van der Waals surface area contributed by atoms with E-state index in [0.29, 0.717) is 19.0 Å².